The van der Waals surface area contributed by atoms with Crippen LogP contribution in [0.1, 0.15) is 37.8 Å². The monoisotopic (exact) mass is 330 g/mol. The summed E-state index contributed by atoms with van der Waals surface area (Å²) in [5, 5.41) is 0.759. The maximum absolute atomic E-state index is 6.01. The average molecular weight is 332 g/mol. The Hall–Kier alpha value is -0.0900. The van der Waals surface area contributed by atoms with E-state index in [1.807, 2.05) is 12.1 Å². The number of nitrogens with two attached hydrogens (primary N) is 1. The number of rotatable bonds is 6. The van der Waals surface area contributed by atoms with Crippen LogP contribution in [-0.2, 0) is 0 Å². The van der Waals surface area contributed by atoms with Crippen molar-refractivity contribution in [3.05, 3.63) is 33.3 Å². The molecule has 2 rings (SSSR count). The van der Waals surface area contributed by atoms with Gasteiger partial charge in [0, 0.05) is 28.1 Å². The summed E-state index contributed by atoms with van der Waals surface area (Å²) < 4.78 is 1.06. The molecular formula is C14H20BrClN2. The van der Waals surface area contributed by atoms with E-state index in [0.717, 1.165) is 28.5 Å². The zero-order valence-electron chi connectivity index (χ0n) is 10.7. The van der Waals surface area contributed by atoms with Gasteiger partial charge in [0.2, 0.25) is 0 Å². The third kappa shape index (κ3) is 3.27. The molecule has 2 nitrogen and oxygen atoms in total. The lowest BCUT2D eigenvalue weighted by atomic mass is 10.0. The molecule has 1 saturated carbocycles. The largest absolute Gasteiger partial charge is 0.329 e. The summed E-state index contributed by atoms with van der Waals surface area (Å²) in [5.41, 5.74) is 7.27. The molecular weight excluding hydrogens is 312 g/mol. The molecule has 2 N–H and O–H groups in total. The number of nitrogens with zero attached hydrogens (tertiary/aromatic N) is 1. The Kier molecular flexibility index (Phi) is 5.07. The van der Waals surface area contributed by atoms with Crippen LogP contribution < -0.4 is 5.73 Å². The van der Waals surface area contributed by atoms with Crippen molar-refractivity contribution >= 4 is 27.5 Å². The summed E-state index contributed by atoms with van der Waals surface area (Å²) in [7, 11) is 0. The predicted octanol–water partition coefficient (Wildman–Crippen LogP) is 3.98. The Balaban J connectivity index is 2.25. The maximum atomic E-state index is 6.01. The molecule has 1 atom stereocenters. The average Bonchev–Trinajstić information content (AvgIpc) is 3.15. The molecule has 1 aromatic carbocycles. The van der Waals surface area contributed by atoms with E-state index in [1.54, 1.807) is 0 Å². The summed E-state index contributed by atoms with van der Waals surface area (Å²) in [6.45, 7) is 3.98. The molecule has 1 aliphatic carbocycles. The van der Waals surface area contributed by atoms with Crippen molar-refractivity contribution < 1.29 is 0 Å². The lowest BCUT2D eigenvalue weighted by Crippen LogP contribution is -2.36. The fourth-order valence-corrected chi connectivity index (χ4v) is 3.42. The first-order chi connectivity index (χ1) is 8.67. The fourth-order valence-electron chi connectivity index (χ4n) is 2.47. The van der Waals surface area contributed by atoms with Crippen molar-refractivity contribution in [2.45, 2.75) is 38.3 Å². The van der Waals surface area contributed by atoms with E-state index in [1.165, 1.54) is 18.4 Å². The molecule has 1 fully saturated rings. The van der Waals surface area contributed by atoms with E-state index in [0.29, 0.717) is 12.6 Å². The molecule has 1 aromatic rings. The van der Waals surface area contributed by atoms with Crippen LogP contribution in [0.25, 0.3) is 0 Å². The second-order valence-corrected chi connectivity index (χ2v) is 6.18. The number of halogens is 2. The number of hydrogen-bond acceptors (Lipinski definition) is 2. The minimum Gasteiger partial charge on any atom is -0.329 e. The van der Waals surface area contributed by atoms with Crippen molar-refractivity contribution in [1.82, 2.24) is 4.90 Å². The molecule has 0 aromatic heterocycles. The summed E-state index contributed by atoms with van der Waals surface area (Å²) >= 11 is 9.62. The molecule has 1 aliphatic rings. The highest BCUT2D eigenvalue weighted by molar-refractivity contribution is 9.10. The Morgan fingerprint density at radius 1 is 1.50 bits per heavy atom. The first-order valence-corrected chi connectivity index (χ1v) is 7.75. The highest BCUT2D eigenvalue weighted by Gasteiger charge is 2.34. The van der Waals surface area contributed by atoms with Crippen molar-refractivity contribution in [1.29, 1.82) is 0 Å². The van der Waals surface area contributed by atoms with Crippen LogP contribution in [0.2, 0.25) is 5.02 Å². The van der Waals surface area contributed by atoms with E-state index in [-0.39, 0.29) is 0 Å². The van der Waals surface area contributed by atoms with Gasteiger partial charge >= 0.3 is 0 Å². The Labute approximate surface area is 123 Å². The van der Waals surface area contributed by atoms with E-state index in [2.05, 4.69) is 33.8 Å². The van der Waals surface area contributed by atoms with Gasteiger partial charge in [-0.25, -0.2) is 0 Å². The first kappa shape index (κ1) is 14.3. The quantitative estimate of drug-likeness (QED) is 0.854. The molecule has 1 unspecified atom stereocenters. The molecule has 4 heteroatoms. The van der Waals surface area contributed by atoms with Gasteiger partial charge in [-0.15, -0.1) is 0 Å². The Morgan fingerprint density at radius 2 is 2.22 bits per heavy atom. The molecule has 0 heterocycles. The van der Waals surface area contributed by atoms with Gasteiger partial charge < -0.3 is 5.73 Å². The Morgan fingerprint density at radius 3 is 2.72 bits per heavy atom. The topological polar surface area (TPSA) is 29.3 Å². The summed E-state index contributed by atoms with van der Waals surface area (Å²) in [5.74, 6) is 0. The lowest BCUT2D eigenvalue weighted by molar-refractivity contribution is 0.191. The van der Waals surface area contributed by atoms with Crippen molar-refractivity contribution in [3.8, 4) is 0 Å². The maximum Gasteiger partial charge on any atom is 0.0484 e. The van der Waals surface area contributed by atoms with Gasteiger partial charge in [-0.05, 0) is 43.5 Å². The van der Waals surface area contributed by atoms with Gasteiger partial charge in [0.05, 0.1) is 0 Å². The molecule has 0 saturated heterocycles. The minimum absolute atomic E-state index is 0.295. The van der Waals surface area contributed by atoms with Crippen LogP contribution in [0.15, 0.2) is 22.7 Å². The molecule has 0 bridgehead atoms. The second-order valence-electron chi connectivity index (χ2n) is 4.89. The van der Waals surface area contributed by atoms with Gasteiger partial charge in [0.15, 0.2) is 0 Å². The SMILES string of the molecule is CCCN(C1CC1)C(CN)c1ccc(Cl)cc1Br. The number of benzene rings is 1. The Bertz CT molecular complexity index is 407. The summed E-state index contributed by atoms with van der Waals surface area (Å²) in [6.07, 6.45) is 3.78. The summed E-state index contributed by atoms with van der Waals surface area (Å²) in [4.78, 5) is 2.55. The zero-order chi connectivity index (χ0) is 13.1. The standard InChI is InChI=1S/C14H20BrClN2/c1-2-7-18(11-4-5-11)14(9-17)12-6-3-10(16)8-13(12)15/h3,6,8,11,14H,2,4-5,7,9,17H2,1H3. The lowest BCUT2D eigenvalue weighted by Gasteiger charge is -2.31. The highest BCUT2D eigenvalue weighted by Crippen LogP contribution is 2.37. The smallest absolute Gasteiger partial charge is 0.0484 e. The fraction of sp³-hybridized carbons (Fsp3) is 0.571. The minimum atomic E-state index is 0.295. The molecule has 18 heavy (non-hydrogen) atoms. The van der Waals surface area contributed by atoms with Gasteiger partial charge in [-0.1, -0.05) is 40.5 Å². The zero-order valence-corrected chi connectivity index (χ0v) is 13.0. The van der Waals surface area contributed by atoms with Crippen LogP contribution in [0.4, 0.5) is 0 Å². The van der Waals surface area contributed by atoms with Crippen molar-refractivity contribution in [2.75, 3.05) is 13.1 Å². The predicted molar refractivity (Wildman–Crippen MR) is 81.0 cm³/mol. The van der Waals surface area contributed by atoms with Crippen LogP contribution in [0.3, 0.4) is 0 Å². The van der Waals surface area contributed by atoms with Crippen LogP contribution in [0.5, 0.6) is 0 Å². The molecule has 100 valence electrons. The summed E-state index contributed by atoms with van der Waals surface area (Å²) in [6, 6.07) is 7.01. The van der Waals surface area contributed by atoms with E-state index in [4.69, 9.17) is 17.3 Å². The van der Waals surface area contributed by atoms with Gasteiger partial charge in [0.25, 0.3) is 0 Å². The van der Waals surface area contributed by atoms with Gasteiger partial charge in [0.1, 0.15) is 0 Å². The molecule has 0 aliphatic heterocycles. The van der Waals surface area contributed by atoms with Gasteiger partial charge in [-0.3, -0.25) is 4.90 Å². The van der Waals surface area contributed by atoms with Gasteiger partial charge in [-0.2, -0.15) is 0 Å². The second kappa shape index (κ2) is 6.38. The first-order valence-electron chi connectivity index (χ1n) is 6.58. The van der Waals surface area contributed by atoms with E-state index >= 15 is 0 Å². The van der Waals surface area contributed by atoms with Crippen LogP contribution in [0, 0.1) is 0 Å². The third-order valence-electron chi connectivity index (χ3n) is 3.44. The molecule has 0 amide bonds. The normalized spacial score (nSPS) is 17.2. The van der Waals surface area contributed by atoms with Crippen molar-refractivity contribution in [2.24, 2.45) is 5.73 Å². The van der Waals surface area contributed by atoms with Crippen LogP contribution in [-0.4, -0.2) is 24.0 Å². The van der Waals surface area contributed by atoms with Crippen molar-refractivity contribution in [3.63, 3.8) is 0 Å². The third-order valence-corrected chi connectivity index (χ3v) is 4.36. The molecule has 0 radical (unpaired) electrons. The number of hydrogen-bond donors (Lipinski definition) is 1. The van der Waals surface area contributed by atoms with E-state index < -0.39 is 0 Å². The van der Waals surface area contributed by atoms with Crippen LogP contribution >= 0.6 is 27.5 Å². The molecule has 0 spiro atoms. The highest BCUT2D eigenvalue weighted by atomic mass is 79.9. The van der Waals surface area contributed by atoms with E-state index in [9.17, 15) is 0 Å².